The first-order valence-electron chi connectivity index (χ1n) is 14.6. The van der Waals surface area contributed by atoms with Gasteiger partial charge in [-0.3, -0.25) is 14.4 Å². The second-order valence-corrected chi connectivity index (χ2v) is 11.1. The summed E-state index contributed by atoms with van der Waals surface area (Å²) in [5.74, 6) is -3.00. The number of carbonyl (C=O) groups excluding carboxylic acids is 3. The molecule has 1 unspecified atom stereocenters. The minimum Gasteiger partial charge on any atom is -0.465 e. The quantitative estimate of drug-likeness (QED) is 0.392. The van der Waals surface area contributed by atoms with E-state index < -0.39 is 41.6 Å². The van der Waals surface area contributed by atoms with Crippen LogP contribution in [-0.4, -0.2) is 84.4 Å². The molecule has 9 nitrogen and oxygen atoms in total. The molecule has 7 atom stereocenters. The molecule has 4 heterocycles. The Morgan fingerprint density at radius 2 is 1.80 bits per heavy atom. The van der Waals surface area contributed by atoms with Crippen LogP contribution >= 0.6 is 0 Å². The monoisotopic (exact) mass is 551 g/mol. The minimum atomic E-state index is -1.35. The first-order chi connectivity index (χ1) is 19.3. The number of hydrogen-bond donors (Lipinski definition) is 1. The van der Waals surface area contributed by atoms with Crippen molar-refractivity contribution in [2.75, 3.05) is 42.6 Å². The van der Waals surface area contributed by atoms with E-state index in [1.165, 1.54) is 4.90 Å². The molecule has 2 fully saturated rings. The SMILES string of the molecule is CC[C@H](C)[C@H](CO)N1C(=O)[C@@H]2[C@@H]3C(=O)OCCC=C[C@@H]3O[C@@]23C=CCN(c2ccc(N(CC)CC)cc2)C(=O)C13. The Hall–Kier alpha value is -3.17. The van der Waals surface area contributed by atoms with Gasteiger partial charge in [0.2, 0.25) is 5.91 Å². The molecule has 0 radical (unpaired) electrons. The standard InChI is InChI=1S/C31H41N3O6/c1-5-20(4)23(19-35)34-27-29(37)33(22-14-12-21(13-15-22)32(6-2)7-3)17-10-16-31(27)26(28(34)36)25-24(40-31)11-8-9-18-39-30(25)38/h8,10-16,20,23-27,35H,5-7,9,17-19H2,1-4H3/t20-,23-,24-,25+,26-,27?,31-/m0/s1. The normalized spacial score (nSPS) is 31.1. The van der Waals surface area contributed by atoms with Gasteiger partial charge in [-0.15, -0.1) is 0 Å². The van der Waals surface area contributed by atoms with Crippen LogP contribution in [0.25, 0.3) is 0 Å². The van der Waals surface area contributed by atoms with Gasteiger partial charge in [0.1, 0.15) is 17.6 Å². The zero-order valence-electron chi connectivity index (χ0n) is 23.9. The van der Waals surface area contributed by atoms with E-state index in [4.69, 9.17) is 9.47 Å². The van der Waals surface area contributed by atoms with Crippen LogP contribution in [0.3, 0.4) is 0 Å². The molecule has 1 aromatic carbocycles. The molecule has 216 valence electrons. The third-order valence-corrected chi connectivity index (χ3v) is 9.19. The van der Waals surface area contributed by atoms with Gasteiger partial charge in [-0.2, -0.15) is 0 Å². The minimum absolute atomic E-state index is 0.0772. The summed E-state index contributed by atoms with van der Waals surface area (Å²) in [6.45, 7) is 10.1. The summed E-state index contributed by atoms with van der Waals surface area (Å²) in [5, 5.41) is 10.5. The lowest BCUT2D eigenvalue weighted by molar-refractivity contribution is -0.155. The molecule has 0 aliphatic carbocycles. The van der Waals surface area contributed by atoms with E-state index in [0.717, 1.165) is 18.8 Å². The third kappa shape index (κ3) is 4.43. The topological polar surface area (TPSA) is 99.6 Å². The van der Waals surface area contributed by atoms with Crippen LogP contribution in [0.4, 0.5) is 11.4 Å². The number of amides is 2. The highest BCUT2D eigenvalue weighted by Gasteiger charge is 2.72. The predicted octanol–water partition coefficient (Wildman–Crippen LogP) is 2.93. The van der Waals surface area contributed by atoms with Gasteiger partial charge in [0, 0.05) is 31.0 Å². The van der Waals surface area contributed by atoms with Crippen molar-refractivity contribution in [1.29, 1.82) is 0 Å². The number of fused-ring (bicyclic) bond motifs is 2. The van der Waals surface area contributed by atoms with E-state index in [-0.39, 0.29) is 30.9 Å². The van der Waals surface area contributed by atoms with Crippen molar-refractivity contribution in [3.05, 3.63) is 48.6 Å². The largest absolute Gasteiger partial charge is 0.465 e. The smallest absolute Gasteiger partial charge is 0.312 e. The number of hydrogen-bond acceptors (Lipinski definition) is 7. The number of nitrogens with zero attached hydrogens (tertiary/aromatic N) is 3. The Morgan fingerprint density at radius 1 is 1.07 bits per heavy atom. The van der Waals surface area contributed by atoms with E-state index in [9.17, 15) is 19.5 Å². The lowest BCUT2D eigenvalue weighted by atomic mass is 9.77. The number of esters is 1. The van der Waals surface area contributed by atoms with Crippen LogP contribution < -0.4 is 9.80 Å². The number of ether oxygens (including phenoxy) is 2. The number of rotatable bonds is 8. The summed E-state index contributed by atoms with van der Waals surface area (Å²) >= 11 is 0. The highest BCUT2D eigenvalue weighted by Crippen LogP contribution is 2.54. The second kappa shape index (κ2) is 11.4. The van der Waals surface area contributed by atoms with Crippen LogP contribution in [0.5, 0.6) is 0 Å². The summed E-state index contributed by atoms with van der Waals surface area (Å²) in [6, 6.07) is 6.23. The van der Waals surface area contributed by atoms with E-state index in [2.05, 4.69) is 18.7 Å². The Labute approximate surface area is 236 Å². The number of anilines is 2. The molecular formula is C31H41N3O6. The zero-order valence-corrected chi connectivity index (χ0v) is 23.9. The first-order valence-corrected chi connectivity index (χ1v) is 14.6. The molecule has 9 heteroatoms. The fraction of sp³-hybridized carbons (Fsp3) is 0.581. The Balaban J connectivity index is 1.60. The fourth-order valence-corrected chi connectivity index (χ4v) is 6.88. The van der Waals surface area contributed by atoms with Crippen molar-refractivity contribution in [3.63, 3.8) is 0 Å². The highest BCUT2D eigenvalue weighted by atomic mass is 16.6. The van der Waals surface area contributed by atoms with Gasteiger partial charge in [-0.05, 0) is 50.5 Å². The summed E-state index contributed by atoms with van der Waals surface area (Å²) < 4.78 is 12.1. The van der Waals surface area contributed by atoms with Crippen LogP contribution in [0.2, 0.25) is 0 Å². The van der Waals surface area contributed by atoms with Gasteiger partial charge in [-0.25, -0.2) is 0 Å². The average molecular weight is 552 g/mol. The molecule has 1 spiro atoms. The molecule has 5 rings (SSSR count). The molecule has 1 N–H and O–H groups in total. The van der Waals surface area contributed by atoms with Crippen molar-refractivity contribution in [2.24, 2.45) is 17.8 Å². The molecule has 4 aliphatic rings. The van der Waals surface area contributed by atoms with Crippen molar-refractivity contribution >= 4 is 29.2 Å². The third-order valence-electron chi connectivity index (χ3n) is 9.19. The molecule has 0 saturated carbocycles. The van der Waals surface area contributed by atoms with Gasteiger partial charge in [0.15, 0.2) is 0 Å². The van der Waals surface area contributed by atoms with Gasteiger partial charge >= 0.3 is 5.97 Å². The maximum atomic E-state index is 14.6. The van der Waals surface area contributed by atoms with Gasteiger partial charge < -0.3 is 29.3 Å². The Morgan fingerprint density at radius 3 is 2.45 bits per heavy atom. The fourth-order valence-electron chi connectivity index (χ4n) is 6.88. The molecule has 2 amide bonds. The zero-order chi connectivity index (χ0) is 28.6. The number of aliphatic hydroxyl groups is 1. The lowest BCUT2D eigenvalue weighted by Gasteiger charge is -2.40. The van der Waals surface area contributed by atoms with Gasteiger partial charge in [0.25, 0.3) is 5.91 Å². The highest BCUT2D eigenvalue weighted by molar-refractivity contribution is 6.05. The van der Waals surface area contributed by atoms with E-state index >= 15 is 0 Å². The van der Waals surface area contributed by atoms with Crippen molar-refractivity contribution in [3.8, 4) is 0 Å². The van der Waals surface area contributed by atoms with Crippen LogP contribution in [0, 0.1) is 17.8 Å². The van der Waals surface area contributed by atoms with Crippen molar-refractivity contribution in [2.45, 2.75) is 64.3 Å². The number of carbonyl (C=O) groups is 3. The number of benzene rings is 1. The van der Waals surface area contributed by atoms with Crippen molar-refractivity contribution < 1.29 is 29.0 Å². The van der Waals surface area contributed by atoms with Crippen LogP contribution in [-0.2, 0) is 23.9 Å². The molecule has 4 aliphatic heterocycles. The summed E-state index contributed by atoms with van der Waals surface area (Å²) in [4.78, 5) is 47.6. The van der Waals surface area contributed by atoms with Gasteiger partial charge in [-0.1, -0.05) is 44.6 Å². The molecule has 40 heavy (non-hydrogen) atoms. The second-order valence-electron chi connectivity index (χ2n) is 11.1. The molecule has 1 aromatic rings. The van der Waals surface area contributed by atoms with Crippen molar-refractivity contribution in [1.82, 2.24) is 4.90 Å². The number of likely N-dealkylation sites (tertiary alicyclic amines) is 1. The molecule has 2 saturated heterocycles. The maximum Gasteiger partial charge on any atom is 0.312 e. The summed E-state index contributed by atoms with van der Waals surface area (Å²) in [6.07, 6.45) is 8.01. The molecular weight excluding hydrogens is 510 g/mol. The van der Waals surface area contributed by atoms with E-state index in [0.29, 0.717) is 25.1 Å². The Kier molecular flexibility index (Phi) is 8.06. The summed E-state index contributed by atoms with van der Waals surface area (Å²) in [7, 11) is 0. The molecule has 0 bridgehead atoms. The maximum absolute atomic E-state index is 14.6. The van der Waals surface area contributed by atoms with E-state index in [1.54, 1.807) is 4.90 Å². The average Bonchev–Trinajstić information content (AvgIpc) is 3.33. The van der Waals surface area contributed by atoms with Crippen LogP contribution in [0.1, 0.15) is 40.5 Å². The molecule has 0 aromatic heterocycles. The predicted molar refractivity (Wildman–Crippen MR) is 152 cm³/mol. The first kappa shape index (κ1) is 28.4. The Bertz CT molecular complexity index is 1180. The van der Waals surface area contributed by atoms with Gasteiger partial charge in [0.05, 0.1) is 31.3 Å². The summed E-state index contributed by atoms with van der Waals surface area (Å²) in [5.41, 5.74) is 0.429. The van der Waals surface area contributed by atoms with Crippen LogP contribution in [0.15, 0.2) is 48.6 Å². The number of aliphatic hydroxyl groups excluding tert-OH is 1. The van der Waals surface area contributed by atoms with E-state index in [1.807, 2.05) is 62.4 Å². The lowest BCUT2D eigenvalue weighted by Crippen LogP contribution is -2.59. The number of cyclic esters (lactones) is 1.